The average Bonchev–Trinajstić information content (AvgIpc) is 2.95. The molecule has 1 atom stereocenters. The second kappa shape index (κ2) is 6.15. The number of anilines is 1. The molecule has 2 rings (SSSR count). The van der Waals surface area contributed by atoms with Crippen LogP contribution < -0.4 is 10.5 Å². The number of aryl methyl sites for hydroxylation is 1. The largest absolute Gasteiger partial charge is 0.398 e. The molecule has 0 saturated carbocycles. The first kappa shape index (κ1) is 16.0. The quantitative estimate of drug-likeness (QED) is 0.732. The SMILES string of the molecule is Cc1ccc(N)c(C)c1S(=O)(=O)NCC(O)c1ccsc1. The molecule has 0 amide bonds. The third-order valence-corrected chi connectivity index (χ3v) is 5.72. The number of aliphatic hydroxyl groups excluding tert-OH is 1. The number of aliphatic hydroxyl groups is 1. The van der Waals surface area contributed by atoms with Crippen LogP contribution in [0.5, 0.6) is 0 Å². The minimum absolute atomic E-state index is 0.0766. The van der Waals surface area contributed by atoms with Crippen LogP contribution in [0.1, 0.15) is 22.8 Å². The van der Waals surface area contributed by atoms with Crippen molar-refractivity contribution in [1.29, 1.82) is 0 Å². The molecule has 0 aliphatic rings. The van der Waals surface area contributed by atoms with Crippen molar-refractivity contribution < 1.29 is 13.5 Å². The third kappa shape index (κ3) is 3.44. The Morgan fingerprint density at radius 3 is 2.67 bits per heavy atom. The third-order valence-electron chi connectivity index (χ3n) is 3.31. The molecule has 1 aromatic heterocycles. The highest BCUT2D eigenvalue weighted by molar-refractivity contribution is 7.89. The van der Waals surface area contributed by atoms with Gasteiger partial charge in [0.05, 0.1) is 11.0 Å². The first-order chi connectivity index (χ1) is 9.83. The summed E-state index contributed by atoms with van der Waals surface area (Å²) in [4.78, 5) is 0.181. The number of benzene rings is 1. The standard InChI is InChI=1S/C14H18N2O3S2/c1-9-3-4-12(15)10(2)14(9)21(18,19)16-7-13(17)11-5-6-20-8-11/h3-6,8,13,16-17H,7,15H2,1-2H3. The Bertz CT molecular complexity index is 725. The fraction of sp³-hybridized carbons (Fsp3) is 0.286. The fourth-order valence-corrected chi connectivity index (χ4v) is 4.34. The first-order valence-electron chi connectivity index (χ1n) is 6.38. The highest BCUT2D eigenvalue weighted by Crippen LogP contribution is 2.25. The Morgan fingerprint density at radius 1 is 1.33 bits per heavy atom. The van der Waals surface area contributed by atoms with Crippen molar-refractivity contribution in [2.45, 2.75) is 24.8 Å². The van der Waals surface area contributed by atoms with E-state index in [-0.39, 0.29) is 11.4 Å². The van der Waals surface area contributed by atoms with Gasteiger partial charge in [0.25, 0.3) is 0 Å². The summed E-state index contributed by atoms with van der Waals surface area (Å²) in [5, 5.41) is 13.6. The summed E-state index contributed by atoms with van der Waals surface area (Å²) in [6.45, 7) is 3.31. The van der Waals surface area contributed by atoms with Crippen molar-refractivity contribution in [2.75, 3.05) is 12.3 Å². The zero-order chi connectivity index (χ0) is 15.6. The van der Waals surface area contributed by atoms with E-state index in [1.54, 1.807) is 37.4 Å². The molecule has 0 aliphatic carbocycles. The molecule has 0 spiro atoms. The Hall–Kier alpha value is -1.41. The van der Waals surface area contributed by atoms with Gasteiger partial charge in [-0.3, -0.25) is 0 Å². The topological polar surface area (TPSA) is 92.4 Å². The van der Waals surface area contributed by atoms with E-state index in [4.69, 9.17) is 5.73 Å². The van der Waals surface area contributed by atoms with Gasteiger partial charge in [-0.05, 0) is 53.4 Å². The van der Waals surface area contributed by atoms with E-state index in [2.05, 4.69) is 4.72 Å². The summed E-state index contributed by atoms with van der Waals surface area (Å²) in [6.07, 6.45) is -0.868. The van der Waals surface area contributed by atoms with Crippen molar-refractivity contribution in [1.82, 2.24) is 4.72 Å². The average molecular weight is 326 g/mol. The molecule has 0 bridgehead atoms. The van der Waals surface area contributed by atoms with Gasteiger partial charge in [0.1, 0.15) is 0 Å². The van der Waals surface area contributed by atoms with Crippen LogP contribution in [0.3, 0.4) is 0 Å². The fourth-order valence-electron chi connectivity index (χ4n) is 2.10. The maximum absolute atomic E-state index is 12.4. The van der Waals surface area contributed by atoms with E-state index >= 15 is 0 Å². The smallest absolute Gasteiger partial charge is 0.241 e. The number of sulfonamides is 1. The van der Waals surface area contributed by atoms with E-state index in [1.807, 2.05) is 5.38 Å². The molecule has 1 heterocycles. The minimum atomic E-state index is -3.72. The van der Waals surface area contributed by atoms with Crippen molar-refractivity contribution in [3.05, 3.63) is 45.6 Å². The van der Waals surface area contributed by atoms with Gasteiger partial charge in [-0.2, -0.15) is 11.3 Å². The summed E-state index contributed by atoms with van der Waals surface area (Å²) in [7, 11) is -3.72. The zero-order valence-electron chi connectivity index (χ0n) is 11.8. The van der Waals surface area contributed by atoms with Gasteiger partial charge in [-0.25, -0.2) is 13.1 Å². The summed E-state index contributed by atoms with van der Waals surface area (Å²) in [5.74, 6) is 0. The second-order valence-corrected chi connectivity index (χ2v) is 7.33. The number of hydrogen-bond donors (Lipinski definition) is 3. The van der Waals surface area contributed by atoms with Crippen molar-refractivity contribution >= 4 is 27.0 Å². The summed E-state index contributed by atoms with van der Waals surface area (Å²) < 4.78 is 27.3. The molecule has 7 heteroatoms. The Kier molecular flexibility index (Phi) is 4.67. The molecule has 4 N–H and O–H groups in total. The predicted molar refractivity (Wildman–Crippen MR) is 84.8 cm³/mol. The van der Waals surface area contributed by atoms with Crippen LogP contribution >= 0.6 is 11.3 Å². The van der Waals surface area contributed by atoms with Crippen LogP contribution in [-0.2, 0) is 10.0 Å². The number of nitrogens with two attached hydrogens (primary N) is 1. The summed E-state index contributed by atoms with van der Waals surface area (Å²) in [6, 6.07) is 5.12. The molecule has 114 valence electrons. The molecule has 0 aliphatic heterocycles. The molecule has 1 aromatic carbocycles. The van der Waals surface area contributed by atoms with Crippen LogP contribution in [-0.4, -0.2) is 20.1 Å². The van der Waals surface area contributed by atoms with Crippen LogP contribution in [0.2, 0.25) is 0 Å². The number of nitrogens with one attached hydrogen (secondary N) is 1. The Balaban J connectivity index is 2.22. The van der Waals surface area contributed by atoms with Gasteiger partial charge in [0.15, 0.2) is 0 Å². The lowest BCUT2D eigenvalue weighted by Crippen LogP contribution is -2.29. The monoisotopic (exact) mass is 326 g/mol. The van der Waals surface area contributed by atoms with Gasteiger partial charge in [-0.1, -0.05) is 6.07 Å². The maximum atomic E-state index is 12.4. The second-order valence-electron chi connectivity index (χ2n) is 4.85. The van der Waals surface area contributed by atoms with Gasteiger partial charge in [-0.15, -0.1) is 0 Å². The van der Waals surface area contributed by atoms with E-state index in [9.17, 15) is 13.5 Å². The molecular formula is C14H18N2O3S2. The van der Waals surface area contributed by atoms with Gasteiger partial charge in [0.2, 0.25) is 10.0 Å². The van der Waals surface area contributed by atoms with Crippen molar-refractivity contribution in [3.8, 4) is 0 Å². The van der Waals surface area contributed by atoms with Crippen molar-refractivity contribution in [2.24, 2.45) is 0 Å². The normalized spacial score (nSPS) is 13.3. The molecule has 0 fully saturated rings. The van der Waals surface area contributed by atoms with Crippen LogP contribution in [0, 0.1) is 13.8 Å². The van der Waals surface area contributed by atoms with E-state index in [0.29, 0.717) is 22.4 Å². The van der Waals surface area contributed by atoms with E-state index < -0.39 is 16.1 Å². The molecular weight excluding hydrogens is 308 g/mol. The minimum Gasteiger partial charge on any atom is -0.398 e. The summed E-state index contributed by atoms with van der Waals surface area (Å²) in [5.41, 5.74) is 8.05. The molecule has 21 heavy (non-hydrogen) atoms. The maximum Gasteiger partial charge on any atom is 0.241 e. The first-order valence-corrected chi connectivity index (χ1v) is 8.81. The number of hydrogen-bond acceptors (Lipinski definition) is 5. The number of nitrogen functional groups attached to an aromatic ring is 1. The van der Waals surface area contributed by atoms with Gasteiger partial charge >= 0.3 is 0 Å². The van der Waals surface area contributed by atoms with Gasteiger partial charge in [0, 0.05) is 12.2 Å². The van der Waals surface area contributed by atoms with E-state index in [0.717, 1.165) is 0 Å². The Labute approximate surface area is 128 Å². The van der Waals surface area contributed by atoms with E-state index in [1.165, 1.54) is 11.3 Å². The Morgan fingerprint density at radius 2 is 2.05 bits per heavy atom. The predicted octanol–water partition coefficient (Wildman–Crippen LogP) is 1.96. The van der Waals surface area contributed by atoms with Crippen LogP contribution in [0.25, 0.3) is 0 Å². The highest BCUT2D eigenvalue weighted by atomic mass is 32.2. The lowest BCUT2D eigenvalue weighted by molar-refractivity contribution is 0.182. The number of thiophene rings is 1. The summed E-state index contributed by atoms with van der Waals surface area (Å²) >= 11 is 1.45. The number of rotatable bonds is 5. The molecule has 0 radical (unpaired) electrons. The lowest BCUT2D eigenvalue weighted by Gasteiger charge is -2.15. The molecule has 0 saturated heterocycles. The molecule has 2 aromatic rings. The van der Waals surface area contributed by atoms with Crippen molar-refractivity contribution in [3.63, 3.8) is 0 Å². The van der Waals surface area contributed by atoms with Gasteiger partial charge < -0.3 is 10.8 Å². The highest BCUT2D eigenvalue weighted by Gasteiger charge is 2.22. The molecule has 1 unspecified atom stereocenters. The van der Waals surface area contributed by atoms with Crippen LogP contribution in [0.15, 0.2) is 33.9 Å². The zero-order valence-corrected chi connectivity index (χ0v) is 13.5. The molecule has 5 nitrogen and oxygen atoms in total. The van der Waals surface area contributed by atoms with Crippen LogP contribution in [0.4, 0.5) is 5.69 Å². The lowest BCUT2D eigenvalue weighted by atomic mass is 10.1.